The van der Waals surface area contributed by atoms with E-state index in [1.807, 2.05) is 6.07 Å². The molecule has 106 valence electrons. The fraction of sp³-hybridized carbons (Fsp3) is 0.571. The molecule has 5 heteroatoms. The number of ether oxygens (including phenoxy) is 2. The predicted octanol–water partition coefficient (Wildman–Crippen LogP) is 2.26. The zero-order valence-electron chi connectivity index (χ0n) is 11.7. The van der Waals surface area contributed by atoms with Crippen LogP contribution < -0.4 is 14.8 Å². The number of rotatable bonds is 4. The molecule has 19 heavy (non-hydrogen) atoms. The van der Waals surface area contributed by atoms with Gasteiger partial charge in [0.05, 0.1) is 14.2 Å². The first-order chi connectivity index (χ1) is 9.13. The van der Waals surface area contributed by atoms with Crippen LogP contribution in [0, 0.1) is 0 Å². The van der Waals surface area contributed by atoms with Crippen LogP contribution in [0.5, 0.6) is 11.5 Å². The van der Waals surface area contributed by atoms with Crippen molar-refractivity contribution in [3.8, 4) is 11.5 Å². The van der Waals surface area contributed by atoms with E-state index in [2.05, 4.69) is 39.1 Å². The second-order valence-electron chi connectivity index (χ2n) is 4.89. The summed E-state index contributed by atoms with van der Waals surface area (Å²) in [6.45, 7) is 6.33. The summed E-state index contributed by atoms with van der Waals surface area (Å²) in [5.74, 6) is 1.54. The third-order valence-electron chi connectivity index (χ3n) is 3.40. The van der Waals surface area contributed by atoms with Gasteiger partial charge in [-0.25, -0.2) is 0 Å². The topological polar surface area (TPSA) is 33.7 Å². The lowest BCUT2D eigenvalue weighted by Crippen LogP contribution is -2.48. The molecular formula is C14H21BrN2O2. The van der Waals surface area contributed by atoms with Gasteiger partial charge in [0.2, 0.25) is 0 Å². The highest BCUT2D eigenvalue weighted by Crippen LogP contribution is 2.33. The van der Waals surface area contributed by atoms with Gasteiger partial charge in [-0.15, -0.1) is 0 Å². The predicted molar refractivity (Wildman–Crippen MR) is 80.0 cm³/mol. The molecule has 0 spiro atoms. The van der Waals surface area contributed by atoms with Gasteiger partial charge in [0.1, 0.15) is 0 Å². The largest absolute Gasteiger partial charge is 0.493 e. The van der Waals surface area contributed by atoms with Gasteiger partial charge in [0.25, 0.3) is 0 Å². The van der Waals surface area contributed by atoms with Gasteiger partial charge >= 0.3 is 0 Å². The molecule has 0 bridgehead atoms. The molecule has 0 unspecified atom stereocenters. The Hall–Kier alpha value is -0.780. The molecule has 1 aliphatic rings. The summed E-state index contributed by atoms with van der Waals surface area (Å²) in [6.07, 6.45) is 0. The van der Waals surface area contributed by atoms with Gasteiger partial charge in [0, 0.05) is 36.7 Å². The van der Waals surface area contributed by atoms with Crippen LogP contribution in [0.4, 0.5) is 0 Å². The number of methoxy groups -OCH3 is 2. The SMILES string of the molecule is COc1cc(Br)c(CN2CCN[C@H](C)C2)cc1OC. The molecule has 1 atom stereocenters. The van der Waals surface area contributed by atoms with Crippen molar-refractivity contribution in [3.63, 3.8) is 0 Å². The standard InChI is InChI=1S/C14H21BrN2O2/c1-10-8-17(5-4-16-10)9-11-6-13(18-2)14(19-3)7-12(11)15/h6-7,10,16H,4-5,8-9H2,1-3H3/t10-/m1/s1. The highest BCUT2D eigenvalue weighted by atomic mass is 79.9. The average Bonchev–Trinajstić information content (AvgIpc) is 2.40. The van der Waals surface area contributed by atoms with E-state index in [9.17, 15) is 0 Å². The van der Waals surface area contributed by atoms with E-state index in [4.69, 9.17) is 9.47 Å². The van der Waals surface area contributed by atoms with Crippen LogP contribution in [-0.2, 0) is 6.54 Å². The third kappa shape index (κ3) is 3.61. The number of nitrogens with zero attached hydrogens (tertiary/aromatic N) is 1. The number of hydrogen-bond donors (Lipinski definition) is 1. The summed E-state index contributed by atoms with van der Waals surface area (Å²) in [5.41, 5.74) is 1.23. The van der Waals surface area contributed by atoms with Gasteiger partial charge in [0.15, 0.2) is 11.5 Å². The Morgan fingerprint density at radius 2 is 2.00 bits per heavy atom. The zero-order valence-corrected chi connectivity index (χ0v) is 13.3. The molecule has 1 fully saturated rings. The van der Waals surface area contributed by atoms with E-state index in [0.717, 1.165) is 42.2 Å². The molecule has 1 aromatic carbocycles. The zero-order chi connectivity index (χ0) is 13.8. The van der Waals surface area contributed by atoms with Crippen molar-refractivity contribution in [3.05, 3.63) is 22.2 Å². The van der Waals surface area contributed by atoms with Crippen LogP contribution >= 0.6 is 15.9 Å². The number of benzene rings is 1. The van der Waals surface area contributed by atoms with E-state index in [1.165, 1.54) is 5.56 Å². The molecule has 4 nitrogen and oxygen atoms in total. The Balaban J connectivity index is 2.15. The summed E-state index contributed by atoms with van der Waals surface area (Å²) < 4.78 is 11.7. The van der Waals surface area contributed by atoms with Gasteiger partial charge in [-0.1, -0.05) is 15.9 Å². The number of nitrogens with one attached hydrogen (secondary N) is 1. The highest BCUT2D eigenvalue weighted by molar-refractivity contribution is 9.10. The molecule has 1 aromatic rings. The monoisotopic (exact) mass is 328 g/mol. The van der Waals surface area contributed by atoms with Crippen LogP contribution in [0.15, 0.2) is 16.6 Å². The number of piperazine rings is 1. The van der Waals surface area contributed by atoms with E-state index >= 15 is 0 Å². The molecule has 1 aliphatic heterocycles. The lowest BCUT2D eigenvalue weighted by Gasteiger charge is -2.32. The average molecular weight is 329 g/mol. The van der Waals surface area contributed by atoms with Crippen molar-refractivity contribution in [2.24, 2.45) is 0 Å². The van der Waals surface area contributed by atoms with E-state index in [1.54, 1.807) is 14.2 Å². The first-order valence-electron chi connectivity index (χ1n) is 6.50. The third-order valence-corrected chi connectivity index (χ3v) is 4.14. The van der Waals surface area contributed by atoms with Crippen molar-refractivity contribution in [1.29, 1.82) is 0 Å². The van der Waals surface area contributed by atoms with Crippen LogP contribution in [0.1, 0.15) is 12.5 Å². The molecule has 0 amide bonds. The molecule has 0 radical (unpaired) electrons. The van der Waals surface area contributed by atoms with Crippen molar-refractivity contribution in [2.45, 2.75) is 19.5 Å². The van der Waals surface area contributed by atoms with Crippen LogP contribution in [0.2, 0.25) is 0 Å². The lowest BCUT2D eigenvalue weighted by molar-refractivity contribution is 0.199. The van der Waals surface area contributed by atoms with Crippen molar-refractivity contribution >= 4 is 15.9 Å². The van der Waals surface area contributed by atoms with Crippen molar-refractivity contribution in [1.82, 2.24) is 10.2 Å². The summed E-state index contributed by atoms with van der Waals surface area (Å²) in [7, 11) is 3.32. The molecule has 0 saturated carbocycles. The van der Waals surface area contributed by atoms with Gasteiger partial charge in [-0.3, -0.25) is 4.90 Å². The van der Waals surface area contributed by atoms with Crippen molar-refractivity contribution < 1.29 is 9.47 Å². The Morgan fingerprint density at radius 1 is 1.32 bits per heavy atom. The minimum absolute atomic E-state index is 0.549. The second-order valence-corrected chi connectivity index (χ2v) is 5.74. The van der Waals surface area contributed by atoms with Gasteiger partial charge in [-0.05, 0) is 24.6 Å². The van der Waals surface area contributed by atoms with Crippen LogP contribution in [-0.4, -0.2) is 44.8 Å². The summed E-state index contributed by atoms with van der Waals surface area (Å²) >= 11 is 3.62. The number of hydrogen-bond acceptors (Lipinski definition) is 4. The maximum Gasteiger partial charge on any atom is 0.161 e. The maximum absolute atomic E-state index is 5.37. The first-order valence-corrected chi connectivity index (χ1v) is 7.29. The van der Waals surface area contributed by atoms with E-state index in [-0.39, 0.29) is 0 Å². The lowest BCUT2D eigenvalue weighted by atomic mass is 10.1. The molecular weight excluding hydrogens is 308 g/mol. The fourth-order valence-electron chi connectivity index (χ4n) is 2.41. The fourth-order valence-corrected chi connectivity index (χ4v) is 2.86. The number of halogens is 1. The van der Waals surface area contributed by atoms with E-state index in [0.29, 0.717) is 6.04 Å². The first kappa shape index (κ1) is 14.6. The van der Waals surface area contributed by atoms with Crippen LogP contribution in [0.25, 0.3) is 0 Å². The quantitative estimate of drug-likeness (QED) is 0.919. The van der Waals surface area contributed by atoms with Crippen molar-refractivity contribution in [2.75, 3.05) is 33.9 Å². The Morgan fingerprint density at radius 3 is 2.63 bits per heavy atom. The molecule has 1 saturated heterocycles. The molecule has 1 N–H and O–H groups in total. The van der Waals surface area contributed by atoms with E-state index < -0.39 is 0 Å². The second kappa shape index (κ2) is 6.59. The summed E-state index contributed by atoms with van der Waals surface area (Å²) in [4.78, 5) is 2.45. The smallest absolute Gasteiger partial charge is 0.161 e. The summed E-state index contributed by atoms with van der Waals surface area (Å²) in [6, 6.07) is 4.57. The summed E-state index contributed by atoms with van der Waals surface area (Å²) in [5, 5.41) is 3.46. The molecule has 1 heterocycles. The Bertz CT molecular complexity index is 440. The molecule has 0 aliphatic carbocycles. The maximum atomic E-state index is 5.37. The Labute approximate surface area is 123 Å². The normalized spacial score (nSPS) is 20.3. The minimum atomic E-state index is 0.549. The minimum Gasteiger partial charge on any atom is -0.493 e. The highest BCUT2D eigenvalue weighted by Gasteiger charge is 2.18. The Kier molecular flexibility index (Phi) is 5.07. The van der Waals surface area contributed by atoms with Crippen LogP contribution in [0.3, 0.4) is 0 Å². The van der Waals surface area contributed by atoms with Gasteiger partial charge < -0.3 is 14.8 Å². The molecule has 0 aromatic heterocycles. The van der Waals surface area contributed by atoms with Gasteiger partial charge in [-0.2, -0.15) is 0 Å². The molecule has 2 rings (SSSR count).